The Hall–Kier alpha value is -2.96. The minimum absolute atomic E-state index is 0.187. The summed E-state index contributed by atoms with van der Waals surface area (Å²) in [6.07, 6.45) is 0. The van der Waals surface area contributed by atoms with Gasteiger partial charge < -0.3 is 10.6 Å². The Bertz CT molecular complexity index is 1050. The Morgan fingerprint density at radius 2 is 1.52 bits per heavy atom. The first-order chi connectivity index (χ1) is 13.8. The number of carbonyl (C=O) groups is 2. The molecule has 0 aliphatic carbocycles. The summed E-state index contributed by atoms with van der Waals surface area (Å²) in [7, 11) is 0. The van der Waals surface area contributed by atoms with Gasteiger partial charge in [0.15, 0.2) is 0 Å². The number of hydrogen-bond donors (Lipinski definition) is 3. The van der Waals surface area contributed by atoms with Gasteiger partial charge in [-0.3, -0.25) is 4.79 Å². The van der Waals surface area contributed by atoms with E-state index in [0.29, 0.717) is 27.6 Å². The molecule has 3 rings (SSSR count). The topological polar surface area (TPSA) is 61.4 Å². The van der Waals surface area contributed by atoms with Crippen molar-refractivity contribution in [2.75, 3.05) is 14.9 Å². The van der Waals surface area contributed by atoms with E-state index >= 15 is 0 Å². The van der Waals surface area contributed by atoms with Crippen molar-refractivity contribution < 1.29 is 9.59 Å². The van der Waals surface area contributed by atoms with E-state index in [1.807, 2.05) is 38.1 Å². The van der Waals surface area contributed by atoms with Gasteiger partial charge in [-0.05, 0) is 67.4 Å². The molecule has 0 aromatic heterocycles. The number of anilines is 3. The van der Waals surface area contributed by atoms with Crippen molar-refractivity contribution in [1.29, 1.82) is 0 Å². The maximum atomic E-state index is 12.4. The van der Waals surface area contributed by atoms with Gasteiger partial charge in [-0.2, -0.15) is 0 Å². The van der Waals surface area contributed by atoms with Crippen LogP contribution in [0.1, 0.15) is 21.5 Å². The number of urea groups is 1. The zero-order valence-electron chi connectivity index (χ0n) is 15.9. The van der Waals surface area contributed by atoms with Gasteiger partial charge in [0, 0.05) is 22.0 Å². The van der Waals surface area contributed by atoms with Gasteiger partial charge in [0.2, 0.25) is 0 Å². The maximum Gasteiger partial charge on any atom is 0.336 e. The van der Waals surface area contributed by atoms with Gasteiger partial charge in [-0.1, -0.05) is 48.7 Å². The van der Waals surface area contributed by atoms with E-state index < -0.39 is 6.03 Å². The van der Waals surface area contributed by atoms with Crippen LogP contribution in [0.5, 0.6) is 0 Å². The average molecular weight is 426 g/mol. The molecule has 0 bridgehead atoms. The van der Waals surface area contributed by atoms with E-state index in [-0.39, 0.29) is 5.91 Å². The molecule has 0 fully saturated rings. The molecule has 29 heavy (non-hydrogen) atoms. The molecule has 3 amide bonds. The summed E-state index contributed by atoms with van der Waals surface area (Å²) < 4.78 is 1.18. The molecule has 0 aliphatic rings. The van der Waals surface area contributed by atoms with E-state index in [1.54, 1.807) is 42.5 Å². The smallest absolute Gasteiger partial charge is 0.322 e. The number of amides is 3. The average Bonchev–Trinajstić information content (AvgIpc) is 2.71. The fourth-order valence-corrected chi connectivity index (χ4v) is 3.04. The minimum atomic E-state index is -0.426. The van der Waals surface area contributed by atoms with Gasteiger partial charge in [0.25, 0.3) is 5.91 Å². The number of thiol groups is 1. The molecule has 5 nitrogen and oxygen atoms in total. The monoisotopic (exact) mass is 425 g/mol. The molecule has 0 heterocycles. The first-order valence-electron chi connectivity index (χ1n) is 8.88. The second kappa shape index (κ2) is 9.03. The lowest BCUT2D eigenvalue weighted by Crippen LogP contribution is -2.26. The fourth-order valence-electron chi connectivity index (χ4n) is 2.68. The maximum absolute atomic E-state index is 12.4. The molecule has 3 aromatic rings. The highest BCUT2D eigenvalue weighted by molar-refractivity contribution is 7.82. The SMILES string of the molecule is Cc1ccc(NC(=O)N(S)c2ccc(NC(=O)c3ccccc3C)cc2)cc1Cl. The molecule has 0 aliphatic heterocycles. The Morgan fingerprint density at radius 1 is 0.862 bits per heavy atom. The van der Waals surface area contributed by atoms with Gasteiger partial charge in [0.05, 0.1) is 5.69 Å². The Morgan fingerprint density at radius 3 is 2.17 bits per heavy atom. The highest BCUT2D eigenvalue weighted by atomic mass is 35.5. The molecule has 0 saturated heterocycles. The summed E-state index contributed by atoms with van der Waals surface area (Å²) >= 11 is 10.4. The third-order valence-corrected chi connectivity index (χ3v) is 5.19. The molecule has 0 unspecified atom stereocenters. The molecular weight excluding hydrogens is 406 g/mol. The van der Waals surface area contributed by atoms with Crippen molar-refractivity contribution in [3.8, 4) is 0 Å². The first kappa shape index (κ1) is 20.8. The van der Waals surface area contributed by atoms with E-state index in [2.05, 4.69) is 23.4 Å². The second-order valence-electron chi connectivity index (χ2n) is 6.52. The summed E-state index contributed by atoms with van der Waals surface area (Å²) in [4.78, 5) is 24.8. The lowest BCUT2D eigenvalue weighted by Gasteiger charge is -2.17. The zero-order valence-corrected chi connectivity index (χ0v) is 17.6. The molecule has 0 radical (unpaired) electrons. The predicted molar refractivity (Wildman–Crippen MR) is 122 cm³/mol. The number of benzene rings is 3. The molecule has 7 heteroatoms. The molecule has 0 saturated carbocycles. The van der Waals surface area contributed by atoms with Crippen molar-refractivity contribution in [2.24, 2.45) is 0 Å². The summed E-state index contributed by atoms with van der Waals surface area (Å²) in [6.45, 7) is 3.77. The third kappa shape index (κ3) is 5.10. The Balaban J connectivity index is 1.65. The first-order valence-corrected chi connectivity index (χ1v) is 9.66. The van der Waals surface area contributed by atoms with Crippen LogP contribution in [0.4, 0.5) is 21.9 Å². The van der Waals surface area contributed by atoms with Crippen LogP contribution in [0.15, 0.2) is 66.7 Å². The second-order valence-corrected chi connectivity index (χ2v) is 7.33. The number of nitrogens with zero attached hydrogens (tertiary/aromatic N) is 1. The van der Waals surface area contributed by atoms with Gasteiger partial charge in [-0.15, -0.1) is 0 Å². The highest BCUT2D eigenvalue weighted by Gasteiger charge is 2.14. The number of nitrogens with one attached hydrogen (secondary N) is 2. The number of rotatable bonds is 4. The molecule has 0 spiro atoms. The number of hydrogen-bond acceptors (Lipinski definition) is 3. The number of carbonyl (C=O) groups excluding carboxylic acids is 2. The van der Waals surface area contributed by atoms with Crippen molar-refractivity contribution in [3.63, 3.8) is 0 Å². The van der Waals surface area contributed by atoms with Crippen LogP contribution < -0.4 is 14.9 Å². The third-order valence-electron chi connectivity index (χ3n) is 4.37. The van der Waals surface area contributed by atoms with E-state index in [1.165, 1.54) is 4.31 Å². The molecule has 3 aromatic carbocycles. The quantitative estimate of drug-likeness (QED) is 0.443. The van der Waals surface area contributed by atoms with Crippen LogP contribution >= 0.6 is 24.4 Å². The van der Waals surface area contributed by atoms with E-state index in [4.69, 9.17) is 11.6 Å². The lowest BCUT2D eigenvalue weighted by molar-refractivity contribution is 0.102. The van der Waals surface area contributed by atoms with Crippen LogP contribution in [-0.2, 0) is 0 Å². The fraction of sp³-hybridized carbons (Fsp3) is 0.0909. The minimum Gasteiger partial charge on any atom is -0.322 e. The summed E-state index contributed by atoms with van der Waals surface area (Å²) in [5.74, 6) is -0.187. The van der Waals surface area contributed by atoms with Gasteiger partial charge in [0.1, 0.15) is 0 Å². The largest absolute Gasteiger partial charge is 0.336 e. The lowest BCUT2D eigenvalue weighted by atomic mass is 10.1. The number of aryl methyl sites for hydroxylation is 2. The normalized spacial score (nSPS) is 10.3. The number of halogens is 1. The molecule has 148 valence electrons. The van der Waals surface area contributed by atoms with E-state index in [9.17, 15) is 9.59 Å². The molecule has 2 N–H and O–H groups in total. The predicted octanol–water partition coefficient (Wildman–Crippen LogP) is 6.09. The molecule has 0 atom stereocenters. The van der Waals surface area contributed by atoms with Crippen molar-refractivity contribution >= 4 is 53.4 Å². The molecular formula is C22H20ClN3O2S. The van der Waals surface area contributed by atoms with Crippen molar-refractivity contribution in [1.82, 2.24) is 0 Å². The summed E-state index contributed by atoms with van der Waals surface area (Å²) in [5, 5.41) is 6.16. The highest BCUT2D eigenvalue weighted by Crippen LogP contribution is 2.23. The zero-order chi connectivity index (χ0) is 21.0. The van der Waals surface area contributed by atoms with Crippen molar-refractivity contribution in [3.05, 3.63) is 88.4 Å². The van der Waals surface area contributed by atoms with Crippen LogP contribution in [0.3, 0.4) is 0 Å². The Kier molecular flexibility index (Phi) is 6.46. The van der Waals surface area contributed by atoms with Crippen LogP contribution in [0.25, 0.3) is 0 Å². The summed E-state index contributed by atoms with van der Waals surface area (Å²) in [6, 6.07) is 19.0. The van der Waals surface area contributed by atoms with Crippen molar-refractivity contribution in [2.45, 2.75) is 13.8 Å². The van der Waals surface area contributed by atoms with Gasteiger partial charge >= 0.3 is 6.03 Å². The van der Waals surface area contributed by atoms with Crippen LogP contribution in [-0.4, -0.2) is 11.9 Å². The van der Waals surface area contributed by atoms with E-state index in [0.717, 1.165) is 11.1 Å². The summed E-state index contributed by atoms with van der Waals surface area (Å²) in [5.41, 5.74) is 4.19. The Labute approximate surface area is 180 Å². The van der Waals surface area contributed by atoms with Crippen LogP contribution in [0.2, 0.25) is 5.02 Å². The van der Waals surface area contributed by atoms with Gasteiger partial charge in [-0.25, -0.2) is 9.10 Å². The standard InChI is InChI=1S/C22H20ClN3O2S/c1-14-5-3-4-6-19(14)21(27)24-16-9-11-18(12-10-16)26(29)22(28)25-17-8-7-15(2)20(23)13-17/h3-13,29H,1-2H3,(H,24,27)(H,25,28). The van der Waals surface area contributed by atoms with Crippen LogP contribution in [0, 0.1) is 13.8 Å².